The summed E-state index contributed by atoms with van der Waals surface area (Å²) in [6.45, 7) is 2.83. The number of nitrogens with zero attached hydrogens (tertiary/aromatic N) is 1. The summed E-state index contributed by atoms with van der Waals surface area (Å²) in [5, 5.41) is 6.33. The first-order valence-electron chi connectivity index (χ1n) is 7.88. The molecule has 120 valence electrons. The maximum Gasteiger partial charge on any atom is 0.253 e. The van der Waals surface area contributed by atoms with E-state index < -0.39 is 0 Å². The third-order valence-electron chi connectivity index (χ3n) is 4.01. The predicted octanol–water partition coefficient (Wildman–Crippen LogP) is 1.51. The normalized spacial score (nSPS) is 17.8. The van der Waals surface area contributed by atoms with Crippen LogP contribution < -0.4 is 10.6 Å². The van der Waals surface area contributed by atoms with Gasteiger partial charge < -0.3 is 15.5 Å². The minimum atomic E-state index is -0.114. The summed E-state index contributed by atoms with van der Waals surface area (Å²) >= 11 is 0. The van der Waals surface area contributed by atoms with Gasteiger partial charge in [0.05, 0.1) is 0 Å². The maximum atomic E-state index is 12.2. The SMILES string of the molecule is CN(C)C(=O)c1cccc(C(=O)NCCC2CCCNC2)c1. The van der Waals surface area contributed by atoms with E-state index in [-0.39, 0.29) is 11.8 Å². The monoisotopic (exact) mass is 303 g/mol. The van der Waals surface area contributed by atoms with Gasteiger partial charge in [0.25, 0.3) is 11.8 Å². The second-order valence-corrected chi connectivity index (χ2v) is 6.04. The van der Waals surface area contributed by atoms with E-state index in [1.165, 1.54) is 17.7 Å². The number of piperidine rings is 1. The van der Waals surface area contributed by atoms with Crippen molar-refractivity contribution in [2.75, 3.05) is 33.7 Å². The van der Waals surface area contributed by atoms with Crippen molar-refractivity contribution in [3.05, 3.63) is 35.4 Å². The lowest BCUT2D eigenvalue weighted by atomic mass is 9.96. The molecule has 0 bridgehead atoms. The molecule has 5 nitrogen and oxygen atoms in total. The third kappa shape index (κ3) is 4.56. The third-order valence-corrected chi connectivity index (χ3v) is 4.01. The highest BCUT2D eigenvalue weighted by Crippen LogP contribution is 2.13. The number of carbonyl (C=O) groups excluding carboxylic acids is 2. The van der Waals surface area contributed by atoms with E-state index in [1.807, 2.05) is 0 Å². The lowest BCUT2D eigenvalue weighted by Crippen LogP contribution is -2.33. The lowest BCUT2D eigenvalue weighted by Gasteiger charge is -2.22. The molecule has 1 fully saturated rings. The second-order valence-electron chi connectivity index (χ2n) is 6.04. The summed E-state index contributed by atoms with van der Waals surface area (Å²) in [5.41, 5.74) is 1.07. The molecule has 0 aliphatic carbocycles. The van der Waals surface area contributed by atoms with Crippen LogP contribution >= 0.6 is 0 Å². The largest absolute Gasteiger partial charge is 0.352 e. The molecule has 1 aromatic carbocycles. The van der Waals surface area contributed by atoms with Crippen molar-refractivity contribution in [3.8, 4) is 0 Å². The molecule has 1 aliphatic rings. The van der Waals surface area contributed by atoms with Crippen LogP contribution in [0.4, 0.5) is 0 Å². The first kappa shape index (κ1) is 16.5. The number of hydrogen-bond acceptors (Lipinski definition) is 3. The van der Waals surface area contributed by atoms with Crippen molar-refractivity contribution in [1.82, 2.24) is 15.5 Å². The molecule has 0 spiro atoms. The van der Waals surface area contributed by atoms with Crippen LogP contribution in [0.5, 0.6) is 0 Å². The fourth-order valence-corrected chi connectivity index (χ4v) is 2.71. The molecule has 2 N–H and O–H groups in total. The first-order chi connectivity index (χ1) is 10.6. The van der Waals surface area contributed by atoms with Crippen LogP contribution in [0.1, 0.15) is 40.0 Å². The van der Waals surface area contributed by atoms with Gasteiger partial charge in [0, 0.05) is 31.8 Å². The van der Waals surface area contributed by atoms with E-state index in [2.05, 4.69) is 10.6 Å². The van der Waals surface area contributed by atoms with E-state index >= 15 is 0 Å². The van der Waals surface area contributed by atoms with Crippen LogP contribution in [0.3, 0.4) is 0 Å². The predicted molar refractivity (Wildman–Crippen MR) is 87.0 cm³/mol. The van der Waals surface area contributed by atoms with Crippen LogP contribution in [0.25, 0.3) is 0 Å². The Morgan fingerprint density at radius 3 is 2.77 bits per heavy atom. The smallest absolute Gasteiger partial charge is 0.253 e. The topological polar surface area (TPSA) is 61.4 Å². The molecule has 22 heavy (non-hydrogen) atoms. The molecule has 1 unspecified atom stereocenters. The molecule has 0 aromatic heterocycles. The van der Waals surface area contributed by atoms with Crippen LogP contribution in [0.2, 0.25) is 0 Å². The zero-order valence-corrected chi connectivity index (χ0v) is 13.4. The van der Waals surface area contributed by atoms with Crippen molar-refractivity contribution in [2.24, 2.45) is 5.92 Å². The number of rotatable bonds is 5. The fourth-order valence-electron chi connectivity index (χ4n) is 2.71. The summed E-state index contributed by atoms with van der Waals surface area (Å²) in [5.74, 6) is 0.441. The van der Waals surface area contributed by atoms with Crippen molar-refractivity contribution in [3.63, 3.8) is 0 Å². The maximum absolute atomic E-state index is 12.2. The van der Waals surface area contributed by atoms with Crippen molar-refractivity contribution >= 4 is 11.8 Å². The Kier molecular flexibility index (Phi) is 5.95. The summed E-state index contributed by atoms with van der Waals surface area (Å²) in [7, 11) is 3.40. The Morgan fingerprint density at radius 1 is 1.32 bits per heavy atom. The van der Waals surface area contributed by atoms with Gasteiger partial charge in [0.2, 0.25) is 0 Å². The Balaban J connectivity index is 1.86. The molecule has 0 saturated carbocycles. The number of carbonyl (C=O) groups is 2. The fraction of sp³-hybridized carbons (Fsp3) is 0.529. The van der Waals surface area contributed by atoms with Gasteiger partial charge in [-0.2, -0.15) is 0 Å². The molecule has 1 atom stereocenters. The minimum absolute atomic E-state index is 0.0945. The van der Waals surface area contributed by atoms with Gasteiger partial charge in [-0.25, -0.2) is 0 Å². The summed E-state index contributed by atoms with van der Waals surface area (Å²) in [4.78, 5) is 25.6. The van der Waals surface area contributed by atoms with Crippen LogP contribution in [-0.2, 0) is 0 Å². The van der Waals surface area contributed by atoms with Crippen molar-refractivity contribution < 1.29 is 9.59 Å². The van der Waals surface area contributed by atoms with Crippen LogP contribution in [0.15, 0.2) is 24.3 Å². The highest BCUT2D eigenvalue weighted by molar-refractivity contribution is 5.99. The van der Waals surface area contributed by atoms with Gasteiger partial charge >= 0.3 is 0 Å². The van der Waals surface area contributed by atoms with Crippen molar-refractivity contribution in [1.29, 1.82) is 0 Å². The molecule has 1 aliphatic heterocycles. The average Bonchev–Trinajstić information content (AvgIpc) is 2.55. The van der Waals surface area contributed by atoms with E-state index in [0.29, 0.717) is 23.6 Å². The van der Waals surface area contributed by atoms with Gasteiger partial charge in [-0.05, 0) is 56.5 Å². The van der Waals surface area contributed by atoms with Crippen LogP contribution in [0, 0.1) is 5.92 Å². The molecule has 2 amide bonds. The highest BCUT2D eigenvalue weighted by atomic mass is 16.2. The van der Waals surface area contributed by atoms with Crippen molar-refractivity contribution in [2.45, 2.75) is 19.3 Å². The summed E-state index contributed by atoms with van der Waals surface area (Å²) < 4.78 is 0. The first-order valence-corrected chi connectivity index (χ1v) is 7.88. The van der Waals surface area contributed by atoms with Gasteiger partial charge in [-0.15, -0.1) is 0 Å². The van der Waals surface area contributed by atoms with E-state index in [1.54, 1.807) is 38.4 Å². The molecule has 0 radical (unpaired) electrons. The number of benzene rings is 1. The Hall–Kier alpha value is -1.88. The number of amides is 2. The van der Waals surface area contributed by atoms with E-state index in [4.69, 9.17) is 0 Å². The number of hydrogen-bond donors (Lipinski definition) is 2. The standard InChI is InChI=1S/C17H25N3O2/c1-20(2)17(22)15-7-3-6-14(11-15)16(21)19-10-8-13-5-4-9-18-12-13/h3,6-7,11,13,18H,4-5,8-10,12H2,1-2H3,(H,19,21). The molecular formula is C17H25N3O2. The second kappa shape index (κ2) is 7.94. The number of nitrogens with one attached hydrogen (secondary N) is 2. The Labute approximate surface area is 132 Å². The highest BCUT2D eigenvalue weighted by Gasteiger charge is 2.14. The van der Waals surface area contributed by atoms with Gasteiger partial charge in [-0.1, -0.05) is 6.07 Å². The van der Waals surface area contributed by atoms with E-state index in [9.17, 15) is 9.59 Å². The summed E-state index contributed by atoms with van der Waals surface area (Å²) in [6.07, 6.45) is 3.44. The van der Waals surface area contributed by atoms with Crippen LogP contribution in [-0.4, -0.2) is 50.4 Å². The Morgan fingerprint density at radius 2 is 2.09 bits per heavy atom. The summed E-state index contributed by atoms with van der Waals surface area (Å²) in [6, 6.07) is 6.87. The zero-order chi connectivity index (χ0) is 15.9. The van der Waals surface area contributed by atoms with Gasteiger partial charge in [0.1, 0.15) is 0 Å². The zero-order valence-electron chi connectivity index (χ0n) is 13.4. The molecular weight excluding hydrogens is 278 g/mol. The lowest BCUT2D eigenvalue weighted by molar-refractivity contribution is 0.0827. The minimum Gasteiger partial charge on any atom is -0.352 e. The molecule has 5 heteroatoms. The molecule has 1 heterocycles. The average molecular weight is 303 g/mol. The molecule has 1 saturated heterocycles. The Bertz CT molecular complexity index is 522. The molecule has 1 aromatic rings. The quantitative estimate of drug-likeness (QED) is 0.867. The van der Waals surface area contributed by atoms with Gasteiger partial charge in [-0.3, -0.25) is 9.59 Å². The van der Waals surface area contributed by atoms with E-state index in [0.717, 1.165) is 19.5 Å². The molecule has 2 rings (SSSR count). The van der Waals surface area contributed by atoms with Gasteiger partial charge in [0.15, 0.2) is 0 Å².